The molecular formula is C31H25F3N2O5S. The summed E-state index contributed by atoms with van der Waals surface area (Å²) in [6, 6.07) is 18.3. The zero-order chi connectivity index (χ0) is 30.0. The van der Waals surface area contributed by atoms with Crippen molar-refractivity contribution in [2.45, 2.75) is 25.7 Å². The molecule has 3 aromatic carbocycles. The molecule has 7 nitrogen and oxygen atoms in total. The van der Waals surface area contributed by atoms with E-state index < -0.39 is 23.8 Å². The van der Waals surface area contributed by atoms with Crippen LogP contribution in [0.4, 0.5) is 13.2 Å². The molecule has 216 valence electrons. The lowest BCUT2D eigenvalue weighted by molar-refractivity contribution is -0.138. The van der Waals surface area contributed by atoms with Crippen molar-refractivity contribution < 1.29 is 32.2 Å². The lowest BCUT2D eigenvalue weighted by Gasteiger charge is -2.24. The Hall–Kier alpha value is -4.64. The molecule has 0 fully saturated rings. The van der Waals surface area contributed by atoms with Crippen LogP contribution < -0.4 is 24.4 Å². The summed E-state index contributed by atoms with van der Waals surface area (Å²) in [5.41, 5.74) is 1.54. The summed E-state index contributed by atoms with van der Waals surface area (Å²) in [5.74, 6) is -0.0359. The first kappa shape index (κ1) is 28.9. The molecule has 42 heavy (non-hydrogen) atoms. The fourth-order valence-corrected chi connectivity index (χ4v) is 5.77. The second kappa shape index (κ2) is 11.7. The molecule has 1 aliphatic heterocycles. The van der Waals surface area contributed by atoms with E-state index in [1.54, 1.807) is 31.2 Å². The van der Waals surface area contributed by atoms with E-state index in [9.17, 15) is 22.8 Å². The molecule has 1 aliphatic rings. The Morgan fingerprint density at radius 3 is 2.50 bits per heavy atom. The average Bonchev–Trinajstić information content (AvgIpc) is 3.29. The van der Waals surface area contributed by atoms with Crippen molar-refractivity contribution in [3.05, 3.63) is 126 Å². The van der Waals surface area contributed by atoms with Crippen LogP contribution in [0, 0.1) is 0 Å². The van der Waals surface area contributed by atoms with Crippen molar-refractivity contribution in [1.82, 2.24) is 4.57 Å². The number of hydrogen-bond donors (Lipinski definition) is 0. The van der Waals surface area contributed by atoms with Gasteiger partial charge in [0.15, 0.2) is 4.80 Å². The van der Waals surface area contributed by atoms with Crippen molar-refractivity contribution in [1.29, 1.82) is 0 Å². The summed E-state index contributed by atoms with van der Waals surface area (Å²) >= 11 is 1.18. The number of nitrogens with zero attached hydrogens (tertiary/aromatic N) is 2. The Morgan fingerprint density at radius 1 is 1.05 bits per heavy atom. The number of ether oxygens (including phenoxy) is 3. The summed E-state index contributed by atoms with van der Waals surface area (Å²) in [7, 11) is 2.76. The number of alkyl halides is 3. The molecule has 1 unspecified atom stereocenters. The normalized spacial score (nSPS) is 15.2. The standard InChI is InChI=1S/C31H25F3N2O5S/c1-18-26(29(38)40-3)27(20-8-5-4-6-9-20)36-28(37)25(42-30(36)35-18)15-19-12-13-24(39-2)21(14-19)17-41-23-11-7-10-22(16-23)31(32,33)34/h4-16,27H,17H2,1-3H3/b25-15+. The van der Waals surface area contributed by atoms with Gasteiger partial charge >= 0.3 is 12.1 Å². The summed E-state index contributed by atoms with van der Waals surface area (Å²) in [5, 5.41) is 0. The molecule has 0 bridgehead atoms. The maximum absolute atomic E-state index is 13.8. The fourth-order valence-electron chi connectivity index (χ4n) is 4.72. The van der Waals surface area contributed by atoms with Crippen LogP contribution in [0.3, 0.4) is 0 Å². The van der Waals surface area contributed by atoms with Crippen LogP contribution in [0.1, 0.15) is 35.2 Å². The number of fused-ring (bicyclic) bond motifs is 1. The van der Waals surface area contributed by atoms with Gasteiger partial charge in [-0.15, -0.1) is 0 Å². The molecule has 0 radical (unpaired) electrons. The van der Waals surface area contributed by atoms with Gasteiger partial charge in [-0.1, -0.05) is 53.8 Å². The minimum absolute atomic E-state index is 0.0586. The van der Waals surface area contributed by atoms with Crippen LogP contribution in [0.25, 0.3) is 6.08 Å². The van der Waals surface area contributed by atoms with Crippen LogP contribution in [-0.4, -0.2) is 24.8 Å². The van der Waals surface area contributed by atoms with E-state index in [-0.39, 0.29) is 23.5 Å². The first-order valence-electron chi connectivity index (χ1n) is 12.7. The number of allylic oxidation sites excluding steroid dienone is 1. The lowest BCUT2D eigenvalue weighted by Crippen LogP contribution is -2.39. The number of carbonyl (C=O) groups excluding carboxylic acids is 1. The highest BCUT2D eigenvalue weighted by Crippen LogP contribution is 2.32. The van der Waals surface area contributed by atoms with Crippen LogP contribution >= 0.6 is 11.3 Å². The van der Waals surface area contributed by atoms with Crippen LogP contribution in [0.2, 0.25) is 0 Å². The van der Waals surface area contributed by atoms with Crippen molar-refractivity contribution in [2.75, 3.05) is 14.2 Å². The van der Waals surface area contributed by atoms with Gasteiger partial charge in [0.05, 0.1) is 41.6 Å². The van der Waals surface area contributed by atoms with Crippen molar-refractivity contribution >= 4 is 23.4 Å². The summed E-state index contributed by atoms with van der Waals surface area (Å²) < 4.78 is 57.3. The van der Waals surface area contributed by atoms with Gasteiger partial charge in [0.25, 0.3) is 5.56 Å². The van der Waals surface area contributed by atoms with E-state index in [0.717, 1.165) is 17.7 Å². The van der Waals surface area contributed by atoms with E-state index in [1.807, 2.05) is 30.3 Å². The third-order valence-corrected chi connectivity index (χ3v) is 7.68. The van der Waals surface area contributed by atoms with E-state index in [1.165, 1.54) is 42.3 Å². The van der Waals surface area contributed by atoms with E-state index in [0.29, 0.717) is 31.9 Å². The Morgan fingerprint density at radius 2 is 1.81 bits per heavy atom. The Labute approximate surface area is 242 Å². The molecule has 0 saturated carbocycles. The molecule has 1 atom stereocenters. The molecule has 11 heteroatoms. The number of methoxy groups -OCH3 is 2. The van der Waals surface area contributed by atoms with Gasteiger partial charge in [-0.3, -0.25) is 9.36 Å². The summed E-state index contributed by atoms with van der Waals surface area (Å²) in [4.78, 5) is 31.5. The molecule has 0 amide bonds. The molecular weight excluding hydrogens is 569 g/mol. The topological polar surface area (TPSA) is 79.1 Å². The number of esters is 1. The molecule has 0 saturated heterocycles. The largest absolute Gasteiger partial charge is 0.496 e. The number of carbonyl (C=O) groups is 1. The fraction of sp³-hybridized carbons (Fsp3) is 0.194. The maximum Gasteiger partial charge on any atom is 0.416 e. The van der Waals surface area contributed by atoms with Gasteiger partial charge in [-0.2, -0.15) is 13.2 Å². The third-order valence-electron chi connectivity index (χ3n) is 6.70. The van der Waals surface area contributed by atoms with Crippen molar-refractivity contribution in [3.8, 4) is 11.5 Å². The van der Waals surface area contributed by atoms with Crippen LogP contribution in [0.5, 0.6) is 11.5 Å². The second-order valence-corrected chi connectivity index (χ2v) is 10.4. The Kier molecular flexibility index (Phi) is 8.04. The zero-order valence-corrected chi connectivity index (χ0v) is 23.6. The minimum atomic E-state index is -4.49. The highest BCUT2D eigenvalue weighted by atomic mass is 32.1. The van der Waals surface area contributed by atoms with E-state index in [4.69, 9.17) is 14.2 Å². The smallest absolute Gasteiger partial charge is 0.416 e. The SMILES string of the molecule is COC(=O)C1=C(C)N=c2s/c(=C/c3ccc(OC)c(COc4cccc(C(F)(F)F)c4)c3)c(=O)n2C1c1ccccc1. The minimum Gasteiger partial charge on any atom is -0.496 e. The number of benzene rings is 3. The quantitative estimate of drug-likeness (QED) is 0.281. The van der Waals surface area contributed by atoms with Gasteiger partial charge in [0.1, 0.15) is 18.1 Å². The van der Waals surface area contributed by atoms with Crippen LogP contribution in [0.15, 0.2) is 93.9 Å². The van der Waals surface area contributed by atoms with Gasteiger partial charge in [0.2, 0.25) is 0 Å². The van der Waals surface area contributed by atoms with Gasteiger partial charge < -0.3 is 14.2 Å². The number of aromatic nitrogens is 1. The highest BCUT2D eigenvalue weighted by Gasteiger charge is 2.33. The molecule has 0 aliphatic carbocycles. The lowest BCUT2D eigenvalue weighted by atomic mass is 9.96. The molecule has 2 heterocycles. The summed E-state index contributed by atoms with van der Waals surface area (Å²) in [6.45, 7) is 1.64. The van der Waals surface area contributed by atoms with Crippen molar-refractivity contribution in [3.63, 3.8) is 0 Å². The number of thiazole rings is 1. The number of rotatable bonds is 7. The van der Waals surface area contributed by atoms with Crippen molar-refractivity contribution in [2.24, 2.45) is 4.99 Å². The molecule has 0 N–H and O–H groups in total. The highest BCUT2D eigenvalue weighted by molar-refractivity contribution is 7.07. The first-order valence-corrected chi connectivity index (χ1v) is 13.5. The third kappa shape index (κ3) is 5.73. The molecule has 5 rings (SSSR count). The number of hydrogen-bond acceptors (Lipinski definition) is 7. The molecule has 1 aromatic heterocycles. The Balaban J connectivity index is 1.53. The number of halogens is 3. The Bertz CT molecular complexity index is 1860. The molecule has 4 aromatic rings. The second-order valence-electron chi connectivity index (χ2n) is 9.37. The van der Waals surface area contributed by atoms with Crippen LogP contribution in [-0.2, 0) is 22.3 Å². The monoisotopic (exact) mass is 594 g/mol. The summed E-state index contributed by atoms with van der Waals surface area (Å²) in [6.07, 6.45) is -2.80. The van der Waals surface area contributed by atoms with Gasteiger partial charge in [-0.05, 0) is 54.5 Å². The maximum atomic E-state index is 13.8. The van der Waals surface area contributed by atoms with E-state index in [2.05, 4.69) is 4.99 Å². The predicted octanol–water partition coefficient (Wildman–Crippen LogP) is 5.01. The zero-order valence-electron chi connectivity index (χ0n) is 22.8. The first-order chi connectivity index (χ1) is 20.1. The molecule has 0 spiro atoms. The van der Waals surface area contributed by atoms with Gasteiger partial charge in [0, 0.05) is 5.56 Å². The van der Waals surface area contributed by atoms with Gasteiger partial charge in [-0.25, -0.2) is 9.79 Å². The van der Waals surface area contributed by atoms with E-state index >= 15 is 0 Å². The average molecular weight is 595 g/mol. The predicted molar refractivity (Wildman–Crippen MR) is 151 cm³/mol.